The van der Waals surface area contributed by atoms with E-state index in [2.05, 4.69) is 74.4 Å². The number of aliphatic imine (C=N–C) groups is 1. The highest BCUT2D eigenvalue weighted by atomic mass is 19.1. The highest BCUT2D eigenvalue weighted by Crippen LogP contribution is 2.21. The molecule has 2 aromatic rings. The Morgan fingerprint density at radius 3 is 2.48 bits per heavy atom. The molecule has 0 aromatic heterocycles. The molecule has 2 N–H and O–H groups in total. The average molecular weight is 556 g/mol. The maximum Gasteiger partial charge on any atom is 0.255 e. The van der Waals surface area contributed by atoms with Gasteiger partial charge in [-0.3, -0.25) is 14.7 Å². The monoisotopic (exact) mass is 555 g/mol. The molecule has 40 heavy (non-hydrogen) atoms. The van der Waals surface area contributed by atoms with E-state index in [1.807, 2.05) is 63.4 Å². The summed E-state index contributed by atoms with van der Waals surface area (Å²) in [7, 11) is 2.06. The van der Waals surface area contributed by atoms with Crippen LogP contribution >= 0.6 is 0 Å². The predicted molar refractivity (Wildman–Crippen MR) is 172 cm³/mol. The fraction of sp³-hybridized carbons (Fsp3) is 0.515. The van der Waals surface area contributed by atoms with E-state index in [0.29, 0.717) is 24.6 Å². The minimum Gasteiger partial charge on any atom is -0.379 e. The van der Waals surface area contributed by atoms with Crippen LogP contribution in [-0.4, -0.2) is 60.8 Å². The van der Waals surface area contributed by atoms with Crippen molar-refractivity contribution in [3.8, 4) is 0 Å². The number of hydrogen-bond donors (Lipinski definition) is 2. The fourth-order valence-electron chi connectivity index (χ4n) is 4.36. The van der Waals surface area contributed by atoms with Gasteiger partial charge in [0.2, 0.25) is 0 Å². The summed E-state index contributed by atoms with van der Waals surface area (Å²) in [5, 5.41) is 6.61. The number of allylic oxidation sites excluding steroid dienone is 1. The van der Waals surface area contributed by atoms with Crippen LogP contribution in [0.5, 0.6) is 0 Å². The zero-order valence-electron chi connectivity index (χ0n) is 26.0. The summed E-state index contributed by atoms with van der Waals surface area (Å²) in [6.45, 7) is 19.3. The van der Waals surface area contributed by atoms with Crippen LogP contribution in [0.15, 0.2) is 59.4 Å². The number of aryl methyl sites for hydroxylation is 1. The summed E-state index contributed by atoms with van der Waals surface area (Å²) in [5.41, 5.74) is 5.67. The van der Waals surface area contributed by atoms with Gasteiger partial charge in [-0.15, -0.1) is 0 Å². The van der Waals surface area contributed by atoms with Gasteiger partial charge in [0, 0.05) is 71.8 Å². The number of alkyl halides is 1. The first-order valence-corrected chi connectivity index (χ1v) is 14.6. The van der Waals surface area contributed by atoms with Crippen molar-refractivity contribution in [3.05, 3.63) is 76.6 Å². The van der Waals surface area contributed by atoms with Crippen LogP contribution < -0.4 is 10.6 Å². The Bertz CT molecular complexity index is 1150. The summed E-state index contributed by atoms with van der Waals surface area (Å²) in [4.78, 5) is 21.9. The standard InChI is InChI=1S/C31H44FN5O.C2H6.2H2/c1-8-36(7)20-30(21(2)3)33-16-23(5)34-24(6)25-10-9-11-29(15-25)35-31(38)26-12-13-27(22(4)14-26)17-37-18-28(32)19-37;1-2;;/h9-16,20-21,23-24,28,34H,8,17-19H2,1-7H3,(H,35,38);1-2H3;2*1H/b30-20+,33-16?;;;/t23?,24-;;;/m0.../s1. The molecule has 2 aromatic carbocycles. The summed E-state index contributed by atoms with van der Waals surface area (Å²) in [6.07, 6.45) is 3.35. The summed E-state index contributed by atoms with van der Waals surface area (Å²) in [5.74, 6) is 0.200. The molecule has 7 heteroatoms. The van der Waals surface area contributed by atoms with E-state index in [1.165, 1.54) is 0 Å². The Balaban J connectivity index is 0.00000411. The number of benzene rings is 2. The molecule has 1 aliphatic heterocycles. The second kappa shape index (κ2) is 16.3. The predicted octanol–water partition coefficient (Wildman–Crippen LogP) is 7.48. The van der Waals surface area contributed by atoms with Gasteiger partial charge in [0.05, 0.1) is 5.70 Å². The van der Waals surface area contributed by atoms with Gasteiger partial charge in [-0.2, -0.15) is 0 Å². The van der Waals surface area contributed by atoms with E-state index < -0.39 is 6.17 Å². The smallest absolute Gasteiger partial charge is 0.255 e. The Kier molecular flexibility index (Phi) is 13.5. The van der Waals surface area contributed by atoms with Crippen molar-refractivity contribution in [1.29, 1.82) is 0 Å². The highest BCUT2D eigenvalue weighted by molar-refractivity contribution is 6.04. The second-order valence-electron chi connectivity index (χ2n) is 10.7. The first-order chi connectivity index (χ1) is 19.0. The van der Waals surface area contributed by atoms with Crippen molar-refractivity contribution >= 4 is 17.8 Å². The lowest BCUT2D eigenvalue weighted by Crippen LogP contribution is -2.47. The maximum atomic E-state index is 13.1. The molecule has 0 radical (unpaired) electrons. The van der Waals surface area contributed by atoms with Crippen molar-refractivity contribution in [2.75, 3.05) is 32.0 Å². The average Bonchev–Trinajstić information content (AvgIpc) is 2.91. The number of likely N-dealkylation sites (tertiary alicyclic amines) is 1. The van der Waals surface area contributed by atoms with Crippen LogP contribution in [0.3, 0.4) is 0 Å². The van der Waals surface area contributed by atoms with E-state index in [-0.39, 0.29) is 20.8 Å². The van der Waals surface area contributed by atoms with Crippen molar-refractivity contribution in [1.82, 2.24) is 15.1 Å². The number of hydrogen-bond acceptors (Lipinski definition) is 5. The normalized spacial score (nSPS) is 15.8. The number of halogens is 1. The third-order valence-electron chi connectivity index (χ3n) is 6.96. The molecule has 0 saturated carbocycles. The summed E-state index contributed by atoms with van der Waals surface area (Å²) < 4.78 is 13.1. The number of amides is 1. The van der Waals surface area contributed by atoms with Gasteiger partial charge in [0.25, 0.3) is 5.91 Å². The molecule has 2 atom stereocenters. The van der Waals surface area contributed by atoms with Crippen molar-refractivity contribution < 1.29 is 12.0 Å². The molecule has 1 aliphatic rings. The summed E-state index contributed by atoms with van der Waals surface area (Å²) >= 11 is 0. The first kappa shape index (κ1) is 33.2. The van der Waals surface area contributed by atoms with E-state index in [1.54, 1.807) is 0 Å². The maximum absolute atomic E-state index is 13.1. The van der Waals surface area contributed by atoms with Crippen molar-refractivity contribution in [3.63, 3.8) is 0 Å². The SMILES string of the molecule is CC.CCN(C)/C=C(/N=CC(C)N[C@@H](C)c1cccc(NC(=O)c2ccc(CN3CC(F)C3)c(C)c2)c1)C(C)C.[HH].[HH]. The molecule has 3 rings (SSSR count). The third kappa shape index (κ3) is 10.2. The molecule has 1 fully saturated rings. The van der Waals surface area contributed by atoms with Crippen LogP contribution in [0.4, 0.5) is 10.1 Å². The van der Waals surface area contributed by atoms with Crippen molar-refractivity contribution in [2.45, 2.75) is 80.2 Å². The molecule has 224 valence electrons. The van der Waals surface area contributed by atoms with E-state index in [4.69, 9.17) is 4.99 Å². The Labute approximate surface area is 244 Å². The van der Waals surface area contributed by atoms with Crippen LogP contribution in [-0.2, 0) is 6.54 Å². The number of carbonyl (C=O) groups is 1. The van der Waals surface area contributed by atoms with Gasteiger partial charge in [0.15, 0.2) is 0 Å². The van der Waals surface area contributed by atoms with Gasteiger partial charge < -0.3 is 15.5 Å². The molecule has 0 bridgehead atoms. The zero-order valence-corrected chi connectivity index (χ0v) is 26.0. The highest BCUT2D eigenvalue weighted by Gasteiger charge is 2.26. The molecule has 0 aliphatic carbocycles. The fourth-order valence-corrected chi connectivity index (χ4v) is 4.36. The van der Waals surface area contributed by atoms with Crippen LogP contribution in [0.2, 0.25) is 0 Å². The number of rotatable bonds is 12. The number of nitrogens with one attached hydrogen (secondary N) is 2. The third-order valence-corrected chi connectivity index (χ3v) is 6.96. The Hall–Kier alpha value is -3.03. The molecule has 1 saturated heterocycles. The lowest BCUT2D eigenvalue weighted by molar-refractivity contribution is 0.0589. The van der Waals surface area contributed by atoms with Crippen LogP contribution in [0.1, 0.15) is 84.4 Å². The zero-order chi connectivity index (χ0) is 29.8. The van der Waals surface area contributed by atoms with Gasteiger partial charge >= 0.3 is 0 Å². The largest absolute Gasteiger partial charge is 0.379 e. The van der Waals surface area contributed by atoms with Gasteiger partial charge in [0.1, 0.15) is 6.17 Å². The van der Waals surface area contributed by atoms with E-state index in [0.717, 1.165) is 41.2 Å². The first-order valence-electron chi connectivity index (χ1n) is 14.6. The Morgan fingerprint density at radius 2 is 1.88 bits per heavy atom. The summed E-state index contributed by atoms with van der Waals surface area (Å²) in [6, 6.07) is 13.8. The van der Waals surface area contributed by atoms with Gasteiger partial charge in [-0.1, -0.05) is 45.9 Å². The minimum absolute atomic E-state index is 0. The van der Waals surface area contributed by atoms with Gasteiger partial charge in [-0.05, 0) is 74.6 Å². The lowest BCUT2D eigenvalue weighted by Gasteiger charge is -2.34. The topological polar surface area (TPSA) is 60.0 Å². The molecule has 6 nitrogen and oxygen atoms in total. The van der Waals surface area contributed by atoms with Crippen LogP contribution in [0.25, 0.3) is 0 Å². The number of anilines is 1. The van der Waals surface area contributed by atoms with Crippen molar-refractivity contribution in [2.24, 2.45) is 10.9 Å². The van der Waals surface area contributed by atoms with Crippen LogP contribution in [0, 0.1) is 12.8 Å². The van der Waals surface area contributed by atoms with E-state index in [9.17, 15) is 9.18 Å². The lowest BCUT2D eigenvalue weighted by atomic mass is 10.0. The Morgan fingerprint density at radius 1 is 1.18 bits per heavy atom. The van der Waals surface area contributed by atoms with E-state index >= 15 is 0 Å². The number of nitrogens with zero attached hydrogens (tertiary/aromatic N) is 3. The second-order valence-corrected chi connectivity index (χ2v) is 10.7. The molecule has 0 spiro atoms. The molecule has 1 heterocycles. The molecule has 1 unspecified atom stereocenters. The quantitative estimate of drug-likeness (QED) is 0.267. The molecular weight excluding hydrogens is 501 g/mol. The van der Waals surface area contributed by atoms with Gasteiger partial charge in [-0.25, -0.2) is 4.39 Å². The number of carbonyl (C=O) groups excluding carboxylic acids is 1. The molecular formula is C33H54FN5O. The molecule has 1 amide bonds. The minimum atomic E-state index is -0.710.